The van der Waals surface area contributed by atoms with Gasteiger partial charge in [-0.1, -0.05) is 0 Å². The van der Waals surface area contributed by atoms with Gasteiger partial charge in [0.05, 0.1) is 16.6 Å². The average molecular weight is 277 g/mol. The van der Waals surface area contributed by atoms with Gasteiger partial charge in [0.25, 0.3) is 5.69 Å². The molecule has 0 atom stereocenters. The van der Waals surface area contributed by atoms with E-state index in [1.807, 2.05) is 17.8 Å². The SMILES string of the molecule is N#Cc1ccc([N+](=O)[O-])c(NCC2CCSCC2)c1. The van der Waals surface area contributed by atoms with Crippen LogP contribution in [0.2, 0.25) is 0 Å². The second-order valence-electron chi connectivity index (χ2n) is 4.54. The molecule has 5 nitrogen and oxygen atoms in total. The lowest BCUT2D eigenvalue weighted by molar-refractivity contribution is -0.384. The maximum atomic E-state index is 11.0. The molecule has 1 aromatic carbocycles. The maximum Gasteiger partial charge on any atom is 0.292 e. The normalized spacial score (nSPS) is 15.7. The highest BCUT2D eigenvalue weighted by Crippen LogP contribution is 2.27. The molecule has 0 amide bonds. The summed E-state index contributed by atoms with van der Waals surface area (Å²) in [5.74, 6) is 2.88. The highest BCUT2D eigenvalue weighted by Gasteiger charge is 2.17. The molecule has 0 saturated carbocycles. The van der Waals surface area contributed by atoms with Gasteiger partial charge >= 0.3 is 0 Å². The predicted molar refractivity (Wildman–Crippen MR) is 76.4 cm³/mol. The third kappa shape index (κ3) is 3.61. The fourth-order valence-electron chi connectivity index (χ4n) is 2.11. The van der Waals surface area contributed by atoms with E-state index in [0.717, 1.165) is 30.9 Å². The lowest BCUT2D eigenvalue weighted by Gasteiger charge is -2.22. The molecule has 19 heavy (non-hydrogen) atoms. The summed E-state index contributed by atoms with van der Waals surface area (Å²) < 4.78 is 0. The van der Waals surface area contributed by atoms with E-state index in [9.17, 15) is 10.1 Å². The zero-order chi connectivity index (χ0) is 13.7. The summed E-state index contributed by atoms with van der Waals surface area (Å²) in [4.78, 5) is 10.5. The first-order valence-electron chi connectivity index (χ1n) is 6.21. The van der Waals surface area contributed by atoms with Crippen molar-refractivity contribution >= 4 is 23.1 Å². The first-order chi connectivity index (χ1) is 9.20. The van der Waals surface area contributed by atoms with E-state index in [2.05, 4.69) is 5.32 Å². The Morgan fingerprint density at radius 3 is 2.84 bits per heavy atom. The van der Waals surface area contributed by atoms with Gasteiger partial charge in [0.1, 0.15) is 5.69 Å². The molecule has 6 heteroatoms. The third-order valence-electron chi connectivity index (χ3n) is 3.24. The largest absolute Gasteiger partial charge is 0.379 e. The molecule has 1 fully saturated rings. The van der Waals surface area contributed by atoms with Crippen molar-refractivity contribution in [3.05, 3.63) is 33.9 Å². The van der Waals surface area contributed by atoms with Crippen LogP contribution in [0.5, 0.6) is 0 Å². The molecular formula is C13H15N3O2S. The summed E-state index contributed by atoms with van der Waals surface area (Å²) >= 11 is 1.96. The number of nitrogens with zero attached hydrogens (tertiary/aromatic N) is 2. The molecule has 1 heterocycles. The van der Waals surface area contributed by atoms with Crippen LogP contribution in [-0.2, 0) is 0 Å². The van der Waals surface area contributed by atoms with Crippen LogP contribution in [0.4, 0.5) is 11.4 Å². The Balaban J connectivity index is 2.08. The molecule has 0 aliphatic carbocycles. The van der Waals surface area contributed by atoms with Gasteiger partial charge in [0.2, 0.25) is 0 Å². The molecule has 1 N–H and O–H groups in total. The van der Waals surface area contributed by atoms with Crippen LogP contribution in [-0.4, -0.2) is 23.0 Å². The number of nitrogens with one attached hydrogen (secondary N) is 1. The number of anilines is 1. The van der Waals surface area contributed by atoms with E-state index in [0.29, 0.717) is 17.2 Å². The minimum Gasteiger partial charge on any atom is -0.379 e. The van der Waals surface area contributed by atoms with E-state index in [1.54, 1.807) is 6.07 Å². The van der Waals surface area contributed by atoms with Crippen LogP contribution in [0.25, 0.3) is 0 Å². The van der Waals surface area contributed by atoms with Crippen LogP contribution < -0.4 is 5.32 Å². The summed E-state index contributed by atoms with van der Waals surface area (Å²) in [6.45, 7) is 0.732. The Bertz CT molecular complexity index is 507. The minimum absolute atomic E-state index is 0.0317. The van der Waals surface area contributed by atoms with Gasteiger partial charge in [-0.25, -0.2) is 0 Å². The monoisotopic (exact) mass is 277 g/mol. The summed E-state index contributed by atoms with van der Waals surface area (Å²) in [5, 5.41) is 22.9. The Labute approximate surface area is 116 Å². The van der Waals surface area contributed by atoms with Gasteiger partial charge in [-0.05, 0) is 42.4 Å². The molecule has 0 unspecified atom stereocenters. The average Bonchev–Trinajstić information content (AvgIpc) is 2.45. The van der Waals surface area contributed by atoms with E-state index in [1.165, 1.54) is 12.1 Å². The quantitative estimate of drug-likeness (QED) is 0.676. The van der Waals surface area contributed by atoms with E-state index < -0.39 is 4.92 Å². The second-order valence-corrected chi connectivity index (χ2v) is 5.76. The molecule has 0 aromatic heterocycles. The molecule has 1 aliphatic heterocycles. The van der Waals surface area contributed by atoms with E-state index in [4.69, 9.17) is 5.26 Å². The second kappa shape index (κ2) is 6.43. The fourth-order valence-corrected chi connectivity index (χ4v) is 3.32. The summed E-state index contributed by atoms with van der Waals surface area (Å²) in [5.41, 5.74) is 0.916. The topological polar surface area (TPSA) is 79.0 Å². The number of hydrogen-bond donors (Lipinski definition) is 1. The van der Waals surface area contributed by atoms with Gasteiger partial charge in [0.15, 0.2) is 0 Å². The van der Waals surface area contributed by atoms with Crippen molar-refractivity contribution in [2.75, 3.05) is 23.4 Å². The Kier molecular flexibility index (Phi) is 4.63. The van der Waals surface area contributed by atoms with Crippen molar-refractivity contribution < 1.29 is 4.92 Å². The van der Waals surface area contributed by atoms with Crippen molar-refractivity contribution in [1.82, 2.24) is 0 Å². The smallest absolute Gasteiger partial charge is 0.292 e. The Hall–Kier alpha value is -1.74. The zero-order valence-corrected chi connectivity index (χ0v) is 11.3. The van der Waals surface area contributed by atoms with Crippen LogP contribution in [0.3, 0.4) is 0 Å². The third-order valence-corrected chi connectivity index (χ3v) is 4.29. The summed E-state index contributed by atoms with van der Waals surface area (Å²) in [6.07, 6.45) is 2.28. The molecule has 1 aliphatic rings. The van der Waals surface area contributed by atoms with Gasteiger partial charge in [-0.2, -0.15) is 17.0 Å². The van der Waals surface area contributed by atoms with Crippen molar-refractivity contribution in [1.29, 1.82) is 5.26 Å². The molecule has 0 radical (unpaired) electrons. The van der Waals surface area contributed by atoms with E-state index >= 15 is 0 Å². The standard InChI is InChI=1S/C13H15N3O2S/c14-8-11-1-2-13(16(17)18)12(7-11)15-9-10-3-5-19-6-4-10/h1-2,7,10,15H,3-6,9H2. The number of hydrogen-bond acceptors (Lipinski definition) is 5. The van der Waals surface area contributed by atoms with Crippen molar-refractivity contribution in [2.45, 2.75) is 12.8 Å². The fraction of sp³-hybridized carbons (Fsp3) is 0.462. The van der Waals surface area contributed by atoms with Crippen LogP contribution in [0.1, 0.15) is 18.4 Å². The van der Waals surface area contributed by atoms with Crippen LogP contribution in [0.15, 0.2) is 18.2 Å². The molecule has 0 spiro atoms. The lowest BCUT2D eigenvalue weighted by atomic mass is 10.0. The number of rotatable bonds is 4. The van der Waals surface area contributed by atoms with Crippen molar-refractivity contribution in [3.63, 3.8) is 0 Å². The number of nitriles is 1. The number of nitro benzene ring substituents is 1. The van der Waals surface area contributed by atoms with Crippen LogP contribution in [0, 0.1) is 27.4 Å². The summed E-state index contributed by atoms with van der Waals surface area (Å²) in [7, 11) is 0. The Morgan fingerprint density at radius 2 is 2.21 bits per heavy atom. The number of thioether (sulfide) groups is 1. The minimum atomic E-state index is -0.416. The first-order valence-corrected chi connectivity index (χ1v) is 7.36. The maximum absolute atomic E-state index is 11.0. The van der Waals surface area contributed by atoms with Gasteiger partial charge in [-0.15, -0.1) is 0 Å². The van der Waals surface area contributed by atoms with E-state index in [-0.39, 0.29) is 5.69 Å². The molecule has 1 saturated heterocycles. The molecule has 1 aromatic rings. The molecule has 2 rings (SSSR count). The molecular weight excluding hydrogens is 262 g/mol. The number of benzene rings is 1. The molecule has 0 bridgehead atoms. The first kappa shape index (κ1) is 13.7. The van der Waals surface area contributed by atoms with Crippen molar-refractivity contribution in [3.8, 4) is 6.07 Å². The van der Waals surface area contributed by atoms with Gasteiger partial charge < -0.3 is 5.32 Å². The summed E-state index contributed by atoms with van der Waals surface area (Å²) in [6, 6.07) is 6.42. The molecule has 100 valence electrons. The van der Waals surface area contributed by atoms with Gasteiger partial charge in [0, 0.05) is 12.6 Å². The van der Waals surface area contributed by atoms with Crippen LogP contribution >= 0.6 is 11.8 Å². The van der Waals surface area contributed by atoms with Gasteiger partial charge in [-0.3, -0.25) is 10.1 Å². The predicted octanol–water partition coefficient (Wildman–Crippen LogP) is 3.02. The van der Waals surface area contributed by atoms with Crippen molar-refractivity contribution in [2.24, 2.45) is 5.92 Å². The lowest BCUT2D eigenvalue weighted by Crippen LogP contribution is -2.19. The highest BCUT2D eigenvalue weighted by atomic mass is 32.2. The zero-order valence-electron chi connectivity index (χ0n) is 10.5. The number of nitro groups is 1. The highest BCUT2D eigenvalue weighted by molar-refractivity contribution is 7.99. The Morgan fingerprint density at radius 1 is 1.47 bits per heavy atom.